The molecule has 0 spiro atoms. The second kappa shape index (κ2) is 5.67. The summed E-state index contributed by atoms with van der Waals surface area (Å²) in [6, 6.07) is 7.33. The van der Waals surface area contributed by atoms with Crippen LogP contribution < -0.4 is 5.73 Å². The number of halogens is 1. The number of amides is 1. The van der Waals surface area contributed by atoms with E-state index >= 15 is 0 Å². The smallest absolute Gasteiger partial charge is 0.274 e. The van der Waals surface area contributed by atoms with Crippen LogP contribution >= 0.6 is 11.6 Å². The minimum Gasteiger partial charge on any atom is -0.382 e. The molecule has 0 atom stereocenters. The Hall–Kier alpha value is -2.14. The Kier molecular flexibility index (Phi) is 3.97. The van der Waals surface area contributed by atoms with E-state index in [2.05, 4.69) is 9.97 Å². The summed E-state index contributed by atoms with van der Waals surface area (Å²) >= 11 is 5.81. The van der Waals surface area contributed by atoms with E-state index < -0.39 is 0 Å². The molecule has 0 unspecified atom stereocenters. The molecule has 0 aliphatic carbocycles. The Morgan fingerprint density at radius 2 is 1.95 bits per heavy atom. The molecule has 1 aromatic carbocycles. The molecule has 0 aliphatic heterocycles. The van der Waals surface area contributed by atoms with Crippen LogP contribution in [-0.2, 0) is 6.54 Å². The monoisotopic (exact) mass is 276 g/mol. The summed E-state index contributed by atoms with van der Waals surface area (Å²) in [5.74, 6) is 0.0827. The van der Waals surface area contributed by atoms with Gasteiger partial charge in [-0.25, -0.2) is 9.97 Å². The average molecular weight is 277 g/mol. The van der Waals surface area contributed by atoms with Gasteiger partial charge in [-0.3, -0.25) is 4.79 Å². The van der Waals surface area contributed by atoms with Crippen LogP contribution in [-0.4, -0.2) is 27.8 Å². The number of hydrogen-bond acceptors (Lipinski definition) is 4. The molecule has 1 aromatic heterocycles. The van der Waals surface area contributed by atoms with Crippen molar-refractivity contribution in [1.29, 1.82) is 0 Å². The molecule has 0 aliphatic rings. The predicted molar refractivity (Wildman–Crippen MR) is 73.7 cm³/mol. The molecule has 2 N–H and O–H groups in total. The number of hydrogen-bond donors (Lipinski definition) is 1. The van der Waals surface area contributed by atoms with Crippen molar-refractivity contribution in [3.8, 4) is 0 Å². The molecule has 98 valence electrons. The van der Waals surface area contributed by atoms with Crippen LogP contribution in [0.3, 0.4) is 0 Å². The lowest BCUT2D eigenvalue weighted by Crippen LogP contribution is -2.27. The van der Waals surface area contributed by atoms with Crippen molar-refractivity contribution in [3.05, 3.63) is 52.9 Å². The van der Waals surface area contributed by atoms with Crippen LogP contribution in [0.25, 0.3) is 0 Å². The third-order valence-electron chi connectivity index (χ3n) is 2.57. The van der Waals surface area contributed by atoms with Crippen LogP contribution in [0, 0.1) is 0 Å². The standard InChI is InChI=1S/C13H13ClN4O/c1-18(8-9-2-4-10(14)5-3-9)13(19)11-6-17-12(15)7-16-11/h2-7H,8H2,1H3,(H2,15,17). The molecule has 0 fully saturated rings. The summed E-state index contributed by atoms with van der Waals surface area (Å²) in [5, 5.41) is 0.669. The van der Waals surface area contributed by atoms with Gasteiger partial charge in [0.1, 0.15) is 11.5 Å². The molecular weight excluding hydrogens is 264 g/mol. The lowest BCUT2D eigenvalue weighted by atomic mass is 10.2. The van der Waals surface area contributed by atoms with Gasteiger partial charge >= 0.3 is 0 Å². The van der Waals surface area contributed by atoms with Crippen molar-refractivity contribution in [2.75, 3.05) is 12.8 Å². The zero-order valence-electron chi connectivity index (χ0n) is 10.4. The Morgan fingerprint density at radius 3 is 2.53 bits per heavy atom. The molecule has 0 saturated heterocycles. The SMILES string of the molecule is CN(Cc1ccc(Cl)cc1)C(=O)c1cnc(N)cn1. The Bertz CT molecular complexity index is 568. The molecule has 0 bridgehead atoms. The molecular formula is C13H13ClN4O. The minimum atomic E-state index is -0.206. The third kappa shape index (κ3) is 3.42. The topological polar surface area (TPSA) is 72.1 Å². The van der Waals surface area contributed by atoms with Gasteiger partial charge < -0.3 is 10.6 Å². The highest BCUT2D eigenvalue weighted by molar-refractivity contribution is 6.30. The maximum absolute atomic E-state index is 12.1. The van der Waals surface area contributed by atoms with E-state index in [1.165, 1.54) is 12.4 Å². The fraction of sp³-hybridized carbons (Fsp3) is 0.154. The quantitative estimate of drug-likeness (QED) is 0.930. The zero-order valence-corrected chi connectivity index (χ0v) is 11.1. The predicted octanol–water partition coefficient (Wildman–Crippen LogP) is 1.98. The van der Waals surface area contributed by atoms with Gasteiger partial charge in [-0.2, -0.15) is 0 Å². The minimum absolute atomic E-state index is 0.206. The van der Waals surface area contributed by atoms with Crippen molar-refractivity contribution < 1.29 is 4.79 Å². The van der Waals surface area contributed by atoms with Gasteiger partial charge in [-0.15, -0.1) is 0 Å². The largest absolute Gasteiger partial charge is 0.382 e. The fourth-order valence-corrected chi connectivity index (χ4v) is 1.71. The highest BCUT2D eigenvalue weighted by Crippen LogP contribution is 2.12. The van der Waals surface area contributed by atoms with E-state index in [4.69, 9.17) is 17.3 Å². The second-order valence-corrected chi connectivity index (χ2v) is 4.55. The van der Waals surface area contributed by atoms with Crippen LogP contribution in [0.4, 0.5) is 5.82 Å². The molecule has 19 heavy (non-hydrogen) atoms. The third-order valence-corrected chi connectivity index (χ3v) is 2.82. The van der Waals surface area contributed by atoms with Crippen molar-refractivity contribution in [2.45, 2.75) is 6.54 Å². The molecule has 6 heteroatoms. The van der Waals surface area contributed by atoms with Crippen LogP contribution in [0.1, 0.15) is 16.1 Å². The summed E-state index contributed by atoms with van der Waals surface area (Å²) in [6.45, 7) is 0.474. The number of aromatic nitrogens is 2. The first-order valence-electron chi connectivity index (χ1n) is 5.63. The maximum atomic E-state index is 12.1. The summed E-state index contributed by atoms with van der Waals surface area (Å²) in [5.41, 5.74) is 6.69. The van der Waals surface area contributed by atoms with Crippen molar-refractivity contribution >= 4 is 23.3 Å². The summed E-state index contributed by atoms with van der Waals surface area (Å²) in [7, 11) is 1.70. The number of anilines is 1. The highest BCUT2D eigenvalue weighted by atomic mass is 35.5. The van der Waals surface area contributed by atoms with Gasteiger partial charge in [0.15, 0.2) is 0 Å². The van der Waals surface area contributed by atoms with Gasteiger partial charge in [0.05, 0.1) is 12.4 Å². The van der Waals surface area contributed by atoms with E-state index in [-0.39, 0.29) is 17.4 Å². The number of carbonyl (C=O) groups excluding carboxylic acids is 1. The van der Waals surface area contributed by atoms with Gasteiger partial charge in [-0.1, -0.05) is 23.7 Å². The first kappa shape index (κ1) is 13.3. The number of nitrogen functional groups attached to an aromatic ring is 1. The Balaban J connectivity index is 2.07. The van der Waals surface area contributed by atoms with Crippen LogP contribution in [0.15, 0.2) is 36.7 Å². The van der Waals surface area contributed by atoms with Gasteiger partial charge in [0.2, 0.25) is 0 Å². The second-order valence-electron chi connectivity index (χ2n) is 4.11. The zero-order chi connectivity index (χ0) is 13.8. The molecule has 0 saturated carbocycles. The number of nitrogens with zero attached hydrogens (tertiary/aromatic N) is 3. The molecule has 1 heterocycles. The van der Waals surface area contributed by atoms with Gasteiger partial charge in [0.25, 0.3) is 5.91 Å². The first-order chi connectivity index (χ1) is 9.06. The van der Waals surface area contributed by atoms with Crippen molar-refractivity contribution in [2.24, 2.45) is 0 Å². The van der Waals surface area contributed by atoms with Gasteiger partial charge in [0, 0.05) is 18.6 Å². The Morgan fingerprint density at radius 1 is 1.26 bits per heavy atom. The normalized spacial score (nSPS) is 10.2. The van der Waals surface area contributed by atoms with E-state index in [0.29, 0.717) is 11.6 Å². The van der Waals surface area contributed by atoms with E-state index in [1.807, 2.05) is 12.1 Å². The molecule has 2 aromatic rings. The number of benzene rings is 1. The van der Waals surface area contributed by atoms with Crippen LogP contribution in [0.2, 0.25) is 5.02 Å². The number of rotatable bonds is 3. The van der Waals surface area contributed by atoms with E-state index in [0.717, 1.165) is 5.56 Å². The lowest BCUT2D eigenvalue weighted by molar-refractivity contribution is 0.0779. The summed E-state index contributed by atoms with van der Waals surface area (Å²) in [4.78, 5) is 21.4. The summed E-state index contributed by atoms with van der Waals surface area (Å²) in [6.07, 6.45) is 2.74. The number of carbonyl (C=O) groups is 1. The first-order valence-corrected chi connectivity index (χ1v) is 6.01. The lowest BCUT2D eigenvalue weighted by Gasteiger charge is -2.16. The molecule has 2 rings (SSSR count). The van der Waals surface area contributed by atoms with E-state index in [1.54, 1.807) is 24.1 Å². The van der Waals surface area contributed by atoms with Crippen molar-refractivity contribution in [3.63, 3.8) is 0 Å². The van der Waals surface area contributed by atoms with E-state index in [9.17, 15) is 4.79 Å². The molecule has 1 amide bonds. The molecule has 5 nitrogen and oxygen atoms in total. The van der Waals surface area contributed by atoms with Crippen molar-refractivity contribution in [1.82, 2.24) is 14.9 Å². The van der Waals surface area contributed by atoms with Gasteiger partial charge in [-0.05, 0) is 17.7 Å². The Labute approximate surface area is 116 Å². The molecule has 0 radical (unpaired) electrons. The number of nitrogens with two attached hydrogens (primary N) is 1. The fourth-order valence-electron chi connectivity index (χ4n) is 1.58. The van der Waals surface area contributed by atoms with Crippen LogP contribution in [0.5, 0.6) is 0 Å². The summed E-state index contributed by atoms with van der Waals surface area (Å²) < 4.78 is 0. The maximum Gasteiger partial charge on any atom is 0.274 e. The highest BCUT2D eigenvalue weighted by Gasteiger charge is 2.13. The average Bonchev–Trinajstić information content (AvgIpc) is 2.41.